The molecule has 1 amide bonds. The third-order valence-corrected chi connectivity index (χ3v) is 3.19. The average Bonchev–Trinajstić information content (AvgIpc) is 2.73. The van der Waals surface area contributed by atoms with E-state index >= 15 is 0 Å². The zero-order valence-corrected chi connectivity index (χ0v) is 10.3. The van der Waals surface area contributed by atoms with Gasteiger partial charge in [-0.1, -0.05) is 0 Å². The Kier molecular flexibility index (Phi) is 2.48. The Bertz CT molecular complexity index is 332. The summed E-state index contributed by atoms with van der Waals surface area (Å²) in [7, 11) is 0. The van der Waals surface area contributed by atoms with Crippen molar-refractivity contribution in [2.75, 3.05) is 6.54 Å². The zero-order valence-electron chi connectivity index (χ0n) is 10.3. The van der Waals surface area contributed by atoms with Gasteiger partial charge in [0.15, 0.2) is 5.78 Å². The van der Waals surface area contributed by atoms with Gasteiger partial charge in [0.1, 0.15) is 5.60 Å². The van der Waals surface area contributed by atoms with Gasteiger partial charge in [-0.05, 0) is 46.0 Å². The smallest absolute Gasteiger partial charge is 0.410 e. The summed E-state index contributed by atoms with van der Waals surface area (Å²) in [5.41, 5.74) is -0.495. The van der Waals surface area contributed by atoms with Crippen molar-refractivity contribution < 1.29 is 14.3 Å². The molecule has 1 aliphatic heterocycles. The number of piperidine rings is 1. The molecule has 0 spiro atoms. The van der Waals surface area contributed by atoms with E-state index in [1.165, 1.54) is 0 Å². The fourth-order valence-corrected chi connectivity index (χ4v) is 2.49. The second-order valence-electron chi connectivity index (χ2n) is 5.85. The Morgan fingerprint density at radius 2 is 1.94 bits per heavy atom. The van der Waals surface area contributed by atoms with Crippen LogP contribution in [0, 0.1) is 11.8 Å². The van der Waals surface area contributed by atoms with E-state index in [9.17, 15) is 9.59 Å². The van der Waals surface area contributed by atoms with E-state index in [0.29, 0.717) is 18.4 Å². The topological polar surface area (TPSA) is 46.6 Å². The van der Waals surface area contributed by atoms with Crippen LogP contribution in [0.5, 0.6) is 0 Å². The second-order valence-corrected chi connectivity index (χ2v) is 5.85. The lowest BCUT2D eigenvalue weighted by Gasteiger charge is -2.29. The molecule has 2 fully saturated rings. The minimum Gasteiger partial charge on any atom is -0.444 e. The largest absolute Gasteiger partial charge is 0.444 e. The number of rotatable bonds is 1. The molecule has 1 heterocycles. The summed E-state index contributed by atoms with van der Waals surface area (Å²) in [5.74, 6) is 1.00. The number of fused-ring (bicyclic) bond motifs is 1. The van der Waals surface area contributed by atoms with Crippen LogP contribution in [-0.4, -0.2) is 35.0 Å². The fraction of sp³-hybridized carbons (Fsp3) is 0.833. The molecule has 1 saturated heterocycles. The molecular formula is C12H19NO3. The third kappa shape index (κ3) is 2.06. The van der Waals surface area contributed by atoms with Gasteiger partial charge in [-0.2, -0.15) is 0 Å². The molecule has 16 heavy (non-hydrogen) atoms. The maximum Gasteiger partial charge on any atom is 0.410 e. The van der Waals surface area contributed by atoms with E-state index in [1.54, 1.807) is 11.8 Å². The number of nitrogens with zero attached hydrogens (tertiary/aromatic N) is 1. The van der Waals surface area contributed by atoms with Crippen LogP contribution < -0.4 is 0 Å². The molecule has 0 radical (unpaired) electrons. The summed E-state index contributed by atoms with van der Waals surface area (Å²) in [6.07, 6.45) is 0.740. The molecular weight excluding hydrogens is 206 g/mol. The van der Waals surface area contributed by atoms with Crippen LogP contribution in [0.3, 0.4) is 0 Å². The van der Waals surface area contributed by atoms with Crippen LogP contribution in [0.1, 0.15) is 34.1 Å². The molecule has 4 nitrogen and oxygen atoms in total. The Morgan fingerprint density at radius 1 is 1.31 bits per heavy atom. The highest BCUT2D eigenvalue weighted by Gasteiger charge is 2.56. The Labute approximate surface area is 95.9 Å². The molecule has 0 N–H and O–H groups in total. The first-order chi connectivity index (χ1) is 7.29. The van der Waals surface area contributed by atoms with Crippen molar-refractivity contribution in [2.45, 2.75) is 45.8 Å². The van der Waals surface area contributed by atoms with Gasteiger partial charge in [0.05, 0.1) is 6.04 Å². The van der Waals surface area contributed by atoms with Crippen LogP contribution in [0.2, 0.25) is 0 Å². The molecule has 4 heteroatoms. The lowest BCUT2D eigenvalue weighted by Crippen LogP contribution is -2.45. The van der Waals surface area contributed by atoms with E-state index < -0.39 is 5.60 Å². The van der Waals surface area contributed by atoms with Crippen molar-refractivity contribution in [3.63, 3.8) is 0 Å². The molecule has 0 unspecified atom stereocenters. The van der Waals surface area contributed by atoms with E-state index in [1.807, 2.05) is 20.8 Å². The Morgan fingerprint density at radius 3 is 2.44 bits per heavy atom. The first kappa shape index (κ1) is 11.4. The van der Waals surface area contributed by atoms with Crippen LogP contribution in [-0.2, 0) is 9.53 Å². The van der Waals surface area contributed by atoms with Crippen molar-refractivity contribution in [3.8, 4) is 0 Å². The molecule has 2 aliphatic rings. The van der Waals surface area contributed by atoms with Crippen molar-refractivity contribution in [2.24, 2.45) is 11.8 Å². The van der Waals surface area contributed by atoms with E-state index in [4.69, 9.17) is 4.74 Å². The number of hydrogen-bond donors (Lipinski definition) is 0. The van der Waals surface area contributed by atoms with Crippen LogP contribution in [0.15, 0.2) is 0 Å². The molecule has 0 aromatic rings. The van der Waals surface area contributed by atoms with Gasteiger partial charge in [0.25, 0.3) is 0 Å². The molecule has 0 aromatic heterocycles. The molecule has 0 bridgehead atoms. The summed E-state index contributed by atoms with van der Waals surface area (Å²) in [4.78, 5) is 25.0. The van der Waals surface area contributed by atoms with Gasteiger partial charge < -0.3 is 4.74 Å². The lowest BCUT2D eigenvalue weighted by atomic mass is 10.1. The van der Waals surface area contributed by atoms with Crippen LogP contribution >= 0.6 is 0 Å². The van der Waals surface area contributed by atoms with Gasteiger partial charge >= 0.3 is 6.09 Å². The molecule has 1 aliphatic carbocycles. The van der Waals surface area contributed by atoms with Gasteiger partial charge in [-0.3, -0.25) is 9.69 Å². The summed E-state index contributed by atoms with van der Waals surface area (Å²) >= 11 is 0. The standard InChI is InChI=1S/C12H19NO3/c1-7(14)10-9-5-8(9)6-13(10)11(15)16-12(2,3)4/h8-10H,5-6H2,1-4H3/t8-,9-,10+/m0/s1. The SMILES string of the molecule is CC(=O)[C@@H]1[C@H]2C[C@H]2CN1C(=O)OC(C)(C)C. The molecule has 0 aromatic carbocycles. The van der Waals surface area contributed by atoms with Gasteiger partial charge in [0, 0.05) is 6.54 Å². The number of hydrogen-bond acceptors (Lipinski definition) is 3. The van der Waals surface area contributed by atoms with Gasteiger partial charge in [0.2, 0.25) is 0 Å². The number of Topliss-reactive ketones (excluding diaryl/α,β-unsaturated/α-hetero) is 1. The van der Waals surface area contributed by atoms with Crippen molar-refractivity contribution in [3.05, 3.63) is 0 Å². The Balaban J connectivity index is 2.04. The third-order valence-electron chi connectivity index (χ3n) is 3.19. The number of ether oxygens (including phenoxy) is 1. The highest BCUT2D eigenvalue weighted by Crippen LogP contribution is 2.50. The molecule has 1 saturated carbocycles. The predicted molar refractivity (Wildman–Crippen MR) is 59.0 cm³/mol. The summed E-state index contributed by atoms with van der Waals surface area (Å²) in [6, 6.07) is -0.236. The van der Waals surface area contributed by atoms with Crippen LogP contribution in [0.25, 0.3) is 0 Å². The normalized spacial score (nSPS) is 32.2. The van der Waals surface area contributed by atoms with E-state index in [0.717, 1.165) is 6.42 Å². The Hall–Kier alpha value is -1.06. The maximum atomic E-state index is 11.9. The fourth-order valence-electron chi connectivity index (χ4n) is 2.49. The van der Waals surface area contributed by atoms with Crippen molar-refractivity contribution in [1.29, 1.82) is 0 Å². The monoisotopic (exact) mass is 225 g/mol. The number of ketones is 1. The second kappa shape index (κ2) is 3.47. The first-order valence-corrected chi connectivity index (χ1v) is 5.79. The van der Waals surface area contributed by atoms with Crippen molar-refractivity contribution >= 4 is 11.9 Å². The zero-order chi connectivity index (χ0) is 12.1. The minimum absolute atomic E-state index is 0.0795. The van der Waals surface area contributed by atoms with Gasteiger partial charge in [-0.25, -0.2) is 4.79 Å². The summed E-state index contributed by atoms with van der Waals surface area (Å²) in [5, 5.41) is 0. The highest BCUT2D eigenvalue weighted by atomic mass is 16.6. The van der Waals surface area contributed by atoms with E-state index in [-0.39, 0.29) is 17.9 Å². The van der Waals surface area contributed by atoms with Gasteiger partial charge in [-0.15, -0.1) is 0 Å². The average molecular weight is 225 g/mol. The highest BCUT2D eigenvalue weighted by molar-refractivity contribution is 5.87. The van der Waals surface area contributed by atoms with Crippen molar-refractivity contribution in [1.82, 2.24) is 4.90 Å². The summed E-state index contributed by atoms with van der Waals surface area (Å²) in [6.45, 7) is 7.76. The number of amides is 1. The first-order valence-electron chi connectivity index (χ1n) is 5.79. The minimum atomic E-state index is -0.495. The molecule has 3 atom stereocenters. The van der Waals surface area contributed by atoms with Crippen LogP contribution in [0.4, 0.5) is 4.79 Å². The lowest BCUT2D eigenvalue weighted by molar-refractivity contribution is -0.122. The summed E-state index contributed by atoms with van der Waals surface area (Å²) < 4.78 is 5.31. The quantitative estimate of drug-likeness (QED) is 0.684. The molecule has 2 rings (SSSR count). The number of carbonyl (C=O) groups excluding carboxylic acids is 2. The molecule has 90 valence electrons. The number of carbonyl (C=O) groups is 2. The number of likely N-dealkylation sites (tertiary alicyclic amines) is 1. The maximum absolute atomic E-state index is 11.9. The van der Waals surface area contributed by atoms with E-state index in [2.05, 4.69) is 0 Å². The predicted octanol–water partition coefficient (Wildman–Crippen LogP) is 1.83.